The van der Waals surface area contributed by atoms with Gasteiger partial charge in [0, 0.05) is 12.1 Å². The van der Waals surface area contributed by atoms with Gasteiger partial charge in [-0.15, -0.1) is 0 Å². The van der Waals surface area contributed by atoms with Crippen molar-refractivity contribution in [3.8, 4) is 0 Å². The SMILES string of the molecule is Cc1ccc(C(=O)O)c(Cc2ccccc2)n1. The Kier molecular flexibility index (Phi) is 3.19. The van der Waals surface area contributed by atoms with E-state index in [1.54, 1.807) is 12.1 Å². The molecule has 0 aliphatic carbocycles. The van der Waals surface area contributed by atoms with Gasteiger partial charge in [0.25, 0.3) is 0 Å². The first-order valence-corrected chi connectivity index (χ1v) is 5.40. The molecule has 1 aromatic carbocycles. The average Bonchev–Trinajstić information content (AvgIpc) is 2.30. The number of nitrogens with zero attached hydrogens (tertiary/aromatic N) is 1. The van der Waals surface area contributed by atoms with E-state index < -0.39 is 5.97 Å². The number of aryl methyl sites for hydroxylation is 1. The van der Waals surface area contributed by atoms with Crippen molar-refractivity contribution >= 4 is 5.97 Å². The quantitative estimate of drug-likeness (QED) is 0.877. The van der Waals surface area contributed by atoms with Crippen molar-refractivity contribution in [2.45, 2.75) is 13.3 Å². The van der Waals surface area contributed by atoms with E-state index in [-0.39, 0.29) is 5.56 Å². The van der Waals surface area contributed by atoms with Crippen LogP contribution in [-0.4, -0.2) is 16.1 Å². The first-order chi connectivity index (χ1) is 8.16. The lowest BCUT2D eigenvalue weighted by Gasteiger charge is -2.06. The van der Waals surface area contributed by atoms with Gasteiger partial charge >= 0.3 is 5.97 Å². The second-order valence-electron chi connectivity index (χ2n) is 3.91. The summed E-state index contributed by atoms with van der Waals surface area (Å²) in [7, 11) is 0. The molecule has 0 fully saturated rings. The number of aromatic nitrogens is 1. The standard InChI is InChI=1S/C14H13NO2/c1-10-7-8-12(14(16)17)13(15-10)9-11-5-3-2-4-6-11/h2-8H,9H2,1H3,(H,16,17). The molecule has 0 atom stereocenters. The van der Waals surface area contributed by atoms with Gasteiger partial charge in [0.2, 0.25) is 0 Å². The van der Waals surface area contributed by atoms with Gasteiger partial charge in [-0.1, -0.05) is 30.3 Å². The molecule has 86 valence electrons. The predicted octanol–water partition coefficient (Wildman–Crippen LogP) is 2.68. The minimum Gasteiger partial charge on any atom is -0.478 e. The van der Waals surface area contributed by atoms with Crippen LogP contribution in [0.2, 0.25) is 0 Å². The summed E-state index contributed by atoms with van der Waals surface area (Å²) >= 11 is 0. The molecule has 1 aromatic heterocycles. The molecule has 3 heteroatoms. The first-order valence-electron chi connectivity index (χ1n) is 5.40. The van der Waals surface area contributed by atoms with E-state index in [0.717, 1.165) is 11.3 Å². The summed E-state index contributed by atoms with van der Waals surface area (Å²) in [6.45, 7) is 1.86. The van der Waals surface area contributed by atoms with Gasteiger partial charge in [-0.2, -0.15) is 0 Å². The second kappa shape index (κ2) is 4.78. The molecule has 0 bridgehead atoms. The first kappa shape index (κ1) is 11.3. The van der Waals surface area contributed by atoms with Crippen molar-refractivity contribution in [2.24, 2.45) is 0 Å². The maximum absolute atomic E-state index is 11.1. The molecule has 0 aliphatic rings. The topological polar surface area (TPSA) is 50.2 Å². The monoisotopic (exact) mass is 227 g/mol. The van der Waals surface area contributed by atoms with E-state index in [1.165, 1.54) is 0 Å². The number of hydrogen-bond donors (Lipinski definition) is 1. The Labute approximate surface area is 99.8 Å². The zero-order valence-corrected chi connectivity index (χ0v) is 9.55. The van der Waals surface area contributed by atoms with Gasteiger partial charge in [0.15, 0.2) is 0 Å². The van der Waals surface area contributed by atoms with Crippen LogP contribution in [0.25, 0.3) is 0 Å². The Morgan fingerprint density at radius 3 is 2.53 bits per heavy atom. The van der Waals surface area contributed by atoms with Crippen LogP contribution in [0.4, 0.5) is 0 Å². The fourth-order valence-electron chi connectivity index (χ4n) is 1.73. The van der Waals surface area contributed by atoms with Gasteiger partial charge in [-0.05, 0) is 24.6 Å². The highest BCUT2D eigenvalue weighted by Crippen LogP contribution is 2.13. The summed E-state index contributed by atoms with van der Waals surface area (Å²) in [6, 6.07) is 13.1. The molecular weight excluding hydrogens is 214 g/mol. The normalized spacial score (nSPS) is 10.2. The fourth-order valence-corrected chi connectivity index (χ4v) is 1.73. The van der Waals surface area contributed by atoms with E-state index in [2.05, 4.69) is 4.98 Å². The summed E-state index contributed by atoms with van der Waals surface area (Å²) in [4.78, 5) is 15.4. The third kappa shape index (κ3) is 2.69. The molecular formula is C14H13NO2. The lowest BCUT2D eigenvalue weighted by atomic mass is 10.0. The van der Waals surface area contributed by atoms with Crippen LogP contribution in [-0.2, 0) is 6.42 Å². The van der Waals surface area contributed by atoms with Crippen LogP contribution in [0, 0.1) is 6.92 Å². The molecule has 0 spiro atoms. The summed E-state index contributed by atoms with van der Waals surface area (Å²) < 4.78 is 0. The Bertz CT molecular complexity index is 535. The number of rotatable bonds is 3. The van der Waals surface area contributed by atoms with E-state index in [9.17, 15) is 4.79 Å². The molecule has 0 unspecified atom stereocenters. The van der Waals surface area contributed by atoms with E-state index in [4.69, 9.17) is 5.11 Å². The molecule has 3 nitrogen and oxygen atoms in total. The molecule has 17 heavy (non-hydrogen) atoms. The van der Waals surface area contributed by atoms with Crippen LogP contribution in [0.5, 0.6) is 0 Å². The Morgan fingerprint density at radius 1 is 1.18 bits per heavy atom. The third-order valence-corrected chi connectivity index (χ3v) is 2.56. The Morgan fingerprint density at radius 2 is 1.88 bits per heavy atom. The van der Waals surface area contributed by atoms with Gasteiger partial charge in [0.1, 0.15) is 0 Å². The lowest BCUT2D eigenvalue weighted by molar-refractivity contribution is 0.0695. The maximum Gasteiger partial charge on any atom is 0.337 e. The number of pyridine rings is 1. The van der Waals surface area contributed by atoms with Crippen molar-refractivity contribution in [1.82, 2.24) is 4.98 Å². The molecule has 0 amide bonds. The number of aromatic carboxylic acids is 1. The summed E-state index contributed by atoms with van der Waals surface area (Å²) in [5.74, 6) is -0.927. The van der Waals surface area contributed by atoms with Crippen LogP contribution >= 0.6 is 0 Å². The van der Waals surface area contributed by atoms with Crippen molar-refractivity contribution in [1.29, 1.82) is 0 Å². The highest BCUT2D eigenvalue weighted by molar-refractivity contribution is 5.88. The summed E-state index contributed by atoms with van der Waals surface area (Å²) in [5.41, 5.74) is 2.79. The summed E-state index contributed by atoms with van der Waals surface area (Å²) in [5, 5.41) is 9.09. The highest BCUT2D eigenvalue weighted by Gasteiger charge is 2.11. The van der Waals surface area contributed by atoms with Gasteiger partial charge < -0.3 is 5.11 Å². The number of hydrogen-bond acceptors (Lipinski definition) is 2. The van der Waals surface area contributed by atoms with Crippen molar-refractivity contribution in [2.75, 3.05) is 0 Å². The molecule has 2 aromatic rings. The van der Waals surface area contributed by atoms with E-state index in [0.29, 0.717) is 12.1 Å². The van der Waals surface area contributed by atoms with Crippen molar-refractivity contribution < 1.29 is 9.90 Å². The van der Waals surface area contributed by atoms with Gasteiger partial charge in [-0.25, -0.2) is 4.79 Å². The third-order valence-electron chi connectivity index (χ3n) is 2.56. The van der Waals surface area contributed by atoms with Crippen LogP contribution in [0.15, 0.2) is 42.5 Å². The Hall–Kier alpha value is -2.16. The van der Waals surface area contributed by atoms with E-state index >= 15 is 0 Å². The van der Waals surface area contributed by atoms with Gasteiger partial charge in [0.05, 0.1) is 11.3 Å². The molecule has 1 N–H and O–H groups in total. The number of benzene rings is 1. The van der Waals surface area contributed by atoms with Gasteiger partial charge in [-0.3, -0.25) is 4.98 Å². The van der Waals surface area contributed by atoms with Crippen molar-refractivity contribution in [3.63, 3.8) is 0 Å². The van der Waals surface area contributed by atoms with Crippen LogP contribution < -0.4 is 0 Å². The molecule has 0 saturated heterocycles. The predicted molar refractivity (Wildman–Crippen MR) is 65.2 cm³/mol. The largest absolute Gasteiger partial charge is 0.478 e. The highest BCUT2D eigenvalue weighted by atomic mass is 16.4. The number of carboxylic acids is 1. The molecule has 0 aliphatic heterocycles. The smallest absolute Gasteiger partial charge is 0.337 e. The second-order valence-corrected chi connectivity index (χ2v) is 3.91. The van der Waals surface area contributed by atoms with Crippen LogP contribution in [0.3, 0.4) is 0 Å². The Balaban J connectivity index is 2.37. The summed E-state index contributed by atoms with van der Waals surface area (Å²) in [6.07, 6.45) is 0.546. The average molecular weight is 227 g/mol. The number of carbonyl (C=O) groups is 1. The van der Waals surface area contributed by atoms with E-state index in [1.807, 2.05) is 37.3 Å². The zero-order chi connectivity index (χ0) is 12.3. The number of carboxylic acid groups (broad SMARTS) is 1. The molecule has 0 radical (unpaired) electrons. The fraction of sp³-hybridized carbons (Fsp3) is 0.143. The minimum absolute atomic E-state index is 0.277. The van der Waals surface area contributed by atoms with Crippen molar-refractivity contribution in [3.05, 3.63) is 65.0 Å². The zero-order valence-electron chi connectivity index (χ0n) is 9.55. The molecule has 0 saturated carbocycles. The lowest BCUT2D eigenvalue weighted by Crippen LogP contribution is -2.06. The molecule has 1 heterocycles. The van der Waals surface area contributed by atoms with Crippen LogP contribution in [0.1, 0.15) is 27.3 Å². The minimum atomic E-state index is -0.927. The molecule has 2 rings (SSSR count). The maximum atomic E-state index is 11.1.